The SMILES string of the molecule is O=C(Cn1nc(-c2ccccc2)ccc1=O)N[C@@H](c1cccs1)C1CCCC1. The number of nitrogens with one attached hydrogen (secondary N) is 1. The lowest BCUT2D eigenvalue weighted by Crippen LogP contribution is -2.37. The maximum absolute atomic E-state index is 12.8. The van der Waals surface area contributed by atoms with Crippen LogP contribution < -0.4 is 10.9 Å². The van der Waals surface area contributed by atoms with Crippen LogP contribution in [0.4, 0.5) is 0 Å². The fourth-order valence-electron chi connectivity index (χ4n) is 3.86. The highest BCUT2D eigenvalue weighted by Gasteiger charge is 2.28. The molecule has 4 rings (SSSR count). The van der Waals surface area contributed by atoms with Crippen molar-refractivity contribution >= 4 is 17.2 Å². The van der Waals surface area contributed by atoms with Gasteiger partial charge in [-0.05, 0) is 36.3 Å². The van der Waals surface area contributed by atoms with Gasteiger partial charge >= 0.3 is 0 Å². The van der Waals surface area contributed by atoms with E-state index >= 15 is 0 Å². The zero-order valence-corrected chi connectivity index (χ0v) is 16.4. The zero-order valence-electron chi connectivity index (χ0n) is 15.6. The van der Waals surface area contributed by atoms with Crippen molar-refractivity contribution in [3.05, 3.63) is 75.2 Å². The molecule has 0 spiro atoms. The Morgan fingerprint density at radius 2 is 1.89 bits per heavy atom. The summed E-state index contributed by atoms with van der Waals surface area (Å²) in [6.45, 7) is -0.0753. The summed E-state index contributed by atoms with van der Waals surface area (Å²) in [6, 6.07) is 16.9. The van der Waals surface area contributed by atoms with Gasteiger partial charge in [0, 0.05) is 16.5 Å². The minimum atomic E-state index is -0.275. The van der Waals surface area contributed by atoms with Gasteiger partial charge in [0.15, 0.2) is 0 Å². The van der Waals surface area contributed by atoms with Crippen molar-refractivity contribution in [3.63, 3.8) is 0 Å². The van der Waals surface area contributed by atoms with Crippen LogP contribution in [0, 0.1) is 5.92 Å². The van der Waals surface area contributed by atoms with E-state index in [9.17, 15) is 9.59 Å². The lowest BCUT2D eigenvalue weighted by molar-refractivity contribution is -0.123. The number of carbonyl (C=O) groups excluding carboxylic acids is 1. The Balaban J connectivity index is 1.52. The molecule has 2 aromatic heterocycles. The van der Waals surface area contributed by atoms with Crippen LogP contribution in [-0.2, 0) is 11.3 Å². The second-order valence-corrected chi connectivity index (χ2v) is 8.16. The predicted molar refractivity (Wildman–Crippen MR) is 111 cm³/mol. The number of thiophene rings is 1. The largest absolute Gasteiger partial charge is 0.347 e. The molecule has 0 unspecified atom stereocenters. The first-order valence-electron chi connectivity index (χ1n) is 9.67. The third-order valence-corrected chi connectivity index (χ3v) is 6.22. The first kappa shape index (κ1) is 18.6. The van der Waals surface area contributed by atoms with Gasteiger partial charge in [-0.3, -0.25) is 9.59 Å². The predicted octanol–water partition coefficient (Wildman–Crippen LogP) is 4.02. The summed E-state index contributed by atoms with van der Waals surface area (Å²) in [7, 11) is 0. The van der Waals surface area contributed by atoms with Crippen LogP contribution in [0.1, 0.15) is 36.6 Å². The minimum Gasteiger partial charge on any atom is -0.347 e. The normalized spacial score (nSPS) is 15.4. The van der Waals surface area contributed by atoms with Crippen molar-refractivity contribution < 1.29 is 4.79 Å². The molecule has 28 heavy (non-hydrogen) atoms. The number of hydrogen-bond donors (Lipinski definition) is 1. The van der Waals surface area contributed by atoms with Crippen LogP contribution >= 0.6 is 11.3 Å². The van der Waals surface area contributed by atoms with E-state index in [0.29, 0.717) is 11.6 Å². The van der Waals surface area contributed by atoms with Crippen molar-refractivity contribution in [3.8, 4) is 11.3 Å². The zero-order chi connectivity index (χ0) is 19.3. The third-order valence-electron chi connectivity index (χ3n) is 5.27. The molecule has 1 fully saturated rings. The van der Waals surface area contributed by atoms with Crippen molar-refractivity contribution in [2.24, 2.45) is 5.92 Å². The first-order chi connectivity index (χ1) is 13.7. The summed E-state index contributed by atoms with van der Waals surface area (Å²) in [5.74, 6) is 0.285. The highest BCUT2D eigenvalue weighted by atomic mass is 32.1. The van der Waals surface area contributed by atoms with Crippen LogP contribution in [-0.4, -0.2) is 15.7 Å². The van der Waals surface area contributed by atoms with E-state index in [1.807, 2.05) is 41.8 Å². The van der Waals surface area contributed by atoms with E-state index in [1.54, 1.807) is 17.4 Å². The summed E-state index contributed by atoms with van der Waals surface area (Å²) in [5, 5.41) is 9.60. The average Bonchev–Trinajstić information content (AvgIpc) is 3.43. The molecule has 1 amide bonds. The molecule has 1 aromatic carbocycles. The monoisotopic (exact) mass is 393 g/mol. The molecule has 0 bridgehead atoms. The average molecular weight is 394 g/mol. The lowest BCUT2D eigenvalue weighted by atomic mass is 9.96. The van der Waals surface area contributed by atoms with E-state index in [0.717, 1.165) is 18.4 Å². The van der Waals surface area contributed by atoms with Gasteiger partial charge in [0.1, 0.15) is 6.54 Å². The minimum absolute atomic E-state index is 0.0167. The molecule has 0 saturated heterocycles. The summed E-state index contributed by atoms with van der Waals surface area (Å²) >= 11 is 1.67. The van der Waals surface area contributed by atoms with E-state index in [2.05, 4.69) is 16.5 Å². The molecule has 2 heterocycles. The smallest absolute Gasteiger partial charge is 0.267 e. The molecular weight excluding hydrogens is 370 g/mol. The number of benzene rings is 1. The highest BCUT2D eigenvalue weighted by molar-refractivity contribution is 7.10. The van der Waals surface area contributed by atoms with Crippen LogP contribution in [0.3, 0.4) is 0 Å². The van der Waals surface area contributed by atoms with E-state index < -0.39 is 0 Å². The molecule has 1 N–H and O–H groups in total. The molecule has 3 aromatic rings. The lowest BCUT2D eigenvalue weighted by Gasteiger charge is -2.24. The van der Waals surface area contributed by atoms with E-state index in [4.69, 9.17) is 0 Å². The van der Waals surface area contributed by atoms with Crippen molar-refractivity contribution in [2.45, 2.75) is 38.3 Å². The maximum atomic E-state index is 12.8. The van der Waals surface area contributed by atoms with Gasteiger partial charge in [-0.25, -0.2) is 4.68 Å². The maximum Gasteiger partial charge on any atom is 0.267 e. The Hall–Kier alpha value is -2.73. The Morgan fingerprint density at radius 3 is 2.61 bits per heavy atom. The quantitative estimate of drug-likeness (QED) is 0.688. The van der Waals surface area contributed by atoms with Crippen molar-refractivity contribution in [2.75, 3.05) is 0 Å². The molecule has 5 nitrogen and oxygen atoms in total. The van der Waals surface area contributed by atoms with Crippen molar-refractivity contribution in [1.29, 1.82) is 0 Å². The number of aromatic nitrogens is 2. The van der Waals surface area contributed by atoms with Gasteiger partial charge in [-0.1, -0.05) is 49.2 Å². The molecule has 0 aliphatic heterocycles. The van der Waals surface area contributed by atoms with Gasteiger partial charge in [0.2, 0.25) is 5.91 Å². The molecule has 6 heteroatoms. The van der Waals surface area contributed by atoms with Gasteiger partial charge in [-0.2, -0.15) is 5.10 Å². The van der Waals surface area contributed by atoms with E-state index in [1.165, 1.54) is 28.5 Å². The molecule has 1 saturated carbocycles. The second kappa shape index (κ2) is 8.52. The van der Waals surface area contributed by atoms with Crippen LogP contribution in [0.15, 0.2) is 64.8 Å². The molecule has 0 radical (unpaired) electrons. The fraction of sp³-hybridized carbons (Fsp3) is 0.318. The number of nitrogens with zero attached hydrogens (tertiary/aromatic N) is 2. The summed E-state index contributed by atoms with van der Waals surface area (Å²) < 4.78 is 1.25. The van der Waals surface area contributed by atoms with E-state index in [-0.39, 0.29) is 24.1 Å². The first-order valence-corrected chi connectivity index (χ1v) is 10.5. The number of carbonyl (C=O) groups is 1. The topological polar surface area (TPSA) is 64.0 Å². The standard InChI is InChI=1S/C22H23N3O2S/c26-20(23-22(17-9-4-5-10-17)19-11-6-14-28-19)15-25-21(27)13-12-18(24-25)16-7-2-1-3-8-16/h1-3,6-8,11-14,17,22H,4-5,9-10,15H2,(H,23,26)/t22-/m1/s1. The highest BCUT2D eigenvalue weighted by Crippen LogP contribution is 2.37. The Kier molecular flexibility index (Phi) is 5.67. The van der Waals surface area contributed by atoms with Gasteiger partial charge in [-0.15, -0.1) is 11.3 Å². The molecule has 144 valence electrons. The number of rotatable bonds is 6. The van der Waals surface area contributed by atoms with Crippen molar-refractivity contribution in [1.82, 2.24) is 15.1 Å². The Bertz CT molecular complexity index is 977. The van der Waals surface area contributed by atoms with Crippen LogP contribution in [0.5, 0.6) is 0 Å². The van der Waals surface area contributed by atoms with Gasteiger partial charge in [0.25, 0.3) is 5.56 Å². The Labute approximate surface area is 168 Å². The van der Waals surface area contributed by atoms with Gasteiger partial charge < -0.3 is 5.32 Å². The Morgan fingerprint density at radius 1 is 1.11 bits per heavy atom. The molecule has 1 aliphatic rings. The second-order valence-electron chi connectivity index (χ2n) is 7.19. The van der Waals surface area contributed by atoms with Crippen LogP contribution in [0.2, 0.25) is 0 Å². The molecule has 1 atom stereocenters. The number of amides is 1. The summed E-state index contributed by atoms with van der Waals surface area (Å²) in [5.41, 5.74) is 1.32. The van der Waals surface area contributed by atoms with Crippen LogP contribution in [0.25, 0.3) is 11.3 Å². The number of hydrogen-bond acceptors (Lipinski definition) is 4. The summed E-state index contributed by atoms with van der Waals surface area (Å²) in [6.07, 6.45) is 4.68. The van der Waals surface area contributed by atoms with Gasteiger partial charge in [0.05, 0.1) is 11.7 Å². The molecular formula is C22H23N3O2S. The summed E-state index contributed by atoms with van der Waals surface area (Å²) in [4.78, 5) is 26.2. The molecule has 1 aliphatic carbocycles. The fourth-order valence-corrected chi connectivity index (χ4v) is 4.73. The third kappa shape index (κ3) is 4.22.